The predicted octanol–water partition coefficient (Wildman–Crippen LogP) is 2.97. The van der Waals surface area contributed by atoms with Crippen molar-refractivity contribution in [2.24, 2.45) is 0 Å². The first-order chi connectivity index (χ1) is 11.5. The van der Waals surface area contributed by atoms with Gasteiger partial charge in [-0.15, -0.1) is 0 Å². The van der Waals surface area contributed by atoms with Crippen molar-refractivity contribution in [1.82, 2.24) is 5.32 Å². The number of hydrogen-bond donors (Lipinski definition) is 1. The molecule has 6 heteroatoms. The first kappa shape index (κ1) is 16.0. The maximum absolute atomic E-state index is 13.0. The van der Waals surface area contributed by atoms with Crippen molar-refractivity contribution in [2.45, 2.75) is 6.92 Å². The molecule has 0 bridgehead atoms. The summed E-state index contributed by atoms with van der Waals surface area (Å²) in [6.45, 7) is 1.85. The van der Waals surface area contributed by atoms with Crippen molar-refractivity contribution in [3.8, 4) is 0 Å². The molecule has 1 heterocycles. The van der Waals surface area contributed by atoms with Gasteiger partial charge in [-0.25, -0.2) is 4.39 Å². The van der Waals surface area contributed by atoms with Crippen LogP contribution in [0.1, 0.15) is 11.1 Å². The second-order valence-electron chi connectivity index (χ2n) is 5.30. The highest BCUT2D eigenvalue weighted by Gasteiger charge is 2.34. The van der Waals surface area contributed by atoms with E-state index in [1.807, 2.05) is 19.1 Å². The minimum Gasteiger partial charge on any atom is -0.298 e. The van der Waals surface area contributed by atoms with Gasteiger partial charge in [-0.1, -0.05) is 30.3 Å². The molecule has 0 spiro atoms. The first-order valence-electron chi connectivity index (χ1n) is 7.20. The summed E-state index contributed by atoms with van der Waals surface area (Å²) in [5, 5.41) is 2.56. The van der Waals surface area contributed by atoms with E-state index in [4.69, 9.17) is 12.2 Å². The number of nitrogens with zero attached hydrogens (tertiary/aromatic N) is 1. The monoisotopic (exact) mass is 340 g/mol. The molecule has 120 valence electrons. The van der Waals surface area contributed by atoms with Gasteiger partial charge in [-0.3, -0.25) is 19.8 Å². The van der Waals surface area contributed by atoms with E-state index in [9.17, 15) is 14.0 Å². The lowest BCUT2D eigenvalue weighted by Gasteiger charge is -2.29. The Bertz CT molecular complexity index is 875. The molecule has 1 aliphatic rings. The van der Waals surface area contributed by atoms with Crippen LogP contribution in [-0.4, -0.2) is 16.9 Å². The molecule has 1 fully saturated rings. The molecule has 1 N–H and O–H groups in total. The van der Waals surface area contributed by atoms with Crippen molar-refractivity contribution >= 4 is 40.9 Å². The molecule has 0 aliphatic carbocycles. The molecule has 24 heavy (non-hydrogen) atoms. The number of carbonyl (C=O) groups excluding carboxylic acids is 2. The maximum atomic E-state index is 13.0. The molecule has 0 unspecified atom stereocenters. The molecule has 2 aromatic rings. The van der Waals surface area contributed by atoms with Crippen molar-refractivity contribution in [2.75, 3.05) is 4.90 Å². The number of hydrogen-bond acceptors (Lipinski definition) is 3. The number of carbonyl (C=O) groups is 2. The fraction of sp³-hybridized carbons (Fsp3) is 0.0556. The van der Waals surface area contributed by atoms with Gasteiger partial charge < -0.3 is 0 Å². The highest BCUT2D eigenvalue weighted by molar-refractivity contribution is 7.80. The molecule has 3 rings (SSSR count). The molecule has 2 aromatic carbocycles. The minimum atomic E-state index is -0.570. The smallest absolute Gasteiger partial charge is 0.270 e. The Labute approximate surface area is 143 Å². The van der Waals surface area contributed by atoms with Crippen molar-refractivity contribution < 1.29 is 14.0 Å². The highest BCUT2D eigenvalue weighted by atomic mass is 32.1. The van der Waals surface area contributed by atoms with Crippen LogP contribution < -0.4 is 10.2 Å². The number of aryl methyl sites for hydroxylation is 1. The van der Waals surface area contributed by atoms with Crippen LogP contribution in [0.3, 0.4) is 0 Å². The Kier molecular flexibility index (Phi) is 4.22. The van der Waals surface area contributed by atoms with E-state index >= 15 is 0 Å². The van der Waals surface area contributed by atoms with Crippen LogP contribution in [-0.2, 0) is 9.59 Å². The van der Waals surface area contributed by atoms with Gasteiger partial charge in [0.1, 0.15) is 11.4 Å². The van der Waals surface area contributed by atoms with Gasteiger partial charge in [0.25, 0.3) is 11.8 Å². The summed E-state index contributed by atoms with van der Waals surface area (Å²) in [5.74, 6) is -1.47. The summed E-state index contributed by atoms with van der Waals surface area (Å²) in [4.78, 5) is 26.3. The Hall–Kier alpha value is -2.86. The number of nitrogens with one attached hydrogen (secondary N) is 1. The Morgan fingerprint density at radius 2 is 1.75 bits per heavy atom. The summed E-state index contributed by atoms with van der Waals surface area (Å²) in [6, 6.07) is 12.8. The van der Waals surface area contributed by atoms with Crippen molar-refractivity contribution in [1.29, 1.82) is 0 Å². The number of thiocarbonyl (C=S) groups is 1. The van der Waals surface area contributed by atoms with E-state index < -0.39 is 11.8 Å². The third-order valence-electron chi connectivity index (χ3n) is 3.64. The quantitative estimate of drug-likeness (QED) is 0.519. The zero-order valence-corrected chi connectivity index (χ0v) is 13.6. The first-order valence-corrected chi connectivity index (χ1v) is 7.61. The average Bonchev–Trinajstić information content (AvgIpc) is 2.55. The van der Waals surface area contributed by atoms with Crippen molar-refractivity contribution in [3.05, 3.63) is 71.0 Å². The second kappa shape index (κ2) is 6.33. The molecule has 1 aliphatic heterocycles. The standard InChI is InChI=1S/C18H13FN2O2S/c1-11-4-2-3-5-15(11)21-17(23)14(16(22)20-18(21)24)10-12-6-8-13(19)9-7-12/h2-10H,1H3,(H,20,22,24)/b14-10-. The predicted molar refractivity (Wildman–Crippen MR) is 93.8 cm³/mol. The number of amides is 2. The Morgan fingerprint density at radius 3 is 2.42 bits per heavy atom. The fourth-order valence-electron chi connectivity index (χ4n) is 2.42. The fourth-order valence-corrected chi connectivity index (χ4v) is 2.69. The Morgan fingerprint density at radius 1 is 1.08 bits per heavy atom. The van der Waals surface area contributed by atoms with Crippen LogP contribution in [0.2, 0.25) is 0 Å². The van der Waals surface area contributed by atoms with E-state index in [0.717, 1.165) is 5.56 Å². The molecule has 0 aromatic heterocycles. The third-order valence-corrected chi connectivity index (χ3v) is 3.92. The highest BCUT2D eigenvalue weighted by Crippen LogP contribution is 2.25. The number of benzene rings is 2. The summed E-state index contributed by atoms with van der Waals surface area (Å²) >= 11 is 5.15. The van der Waals surface area contributed by atoms with Crippen LogP contribution in [0.25, 0.3) is 6.08 Å². The second-order valence-corrected chi connectivity index (χ2v) is 5.68. The number of para-hydroxylation sites is 1. The van der Waals surface area contributed by atoms with Gasteiger partial charge in [0, 0.05) is 0 Å². The van der Waals surface area contributed by atoms with Gasteiger partial charge in [-0.2, -0.15) is 0 Å². The molecule has 1 saturated heterocycles. The lowest BCUT2D eigenvalue weighted by atomic mass is 10.1. The minimum absolute atomic E-state index is 0.0376. The van der Waals surface area contributed by atoms with Gasteiger partial charge in [0.05, 0.1) is 5.69 Å². The van der Waals surface area contributed by atoms with Crippen LogP contribution >= 0.6 is 12.2 Å². The normalized spacial score (nSPS) is 16.5. The topological polar surface area (TPSA) is 49.4 Å². The van der Waals surface area contributed by atoms with Crippen LogP contribution in [0.4, 0.5) is 10.1 Å². The molecular formula is C18H13FN2O2S. The maximum Gasteiger partial charge on any atom is 0.270 e. The molecular weight excluding hydrogens is 327 g/mol. The lowest BCUT2D eigenvalue weighted by molar-refractivity contribution is -0.122. The van der Waals surface area contributed by atoms with E-state index in [2.05, 4.69) is 5.32 Å². The SMILES string of the molecule is Cc1ccccc1N1C(=O)/C(=C\c2ccc(F)cc2)C(=O)NC1=S. The van der Waals surface area contributed by atoms with E-state index in [-0.39, 0.29) is 16.5 Å². The van der Waals surface area contributed by atoms with Crippen LogP contribution in [0.15, 0.2) is 54.1 Å². The molecule has 2 amide bonds. The average molecular weight is 340 g/mol. The molecule has 0 saturated carbocycles. The zero-order chi connectivity index (χ0) is 17.3. The number of rotatable bonds is 2. The van der Waals surface area contributed by atoms with Crippen molar-refractivity contribution in [3.63, 3.8) is 0 Å². The van der Waals surface area contributed by atoms with Crippen LogP contribution in [0, 0.1) is 12.7 Å². The Balaban J connectivity index is 2.03. The largest absolute Gasteiger partial charge is 0.298 e. The summed E-state index contributed by atoms with van der Waals surface area (Å²) in [5.41, 5.74) is 1.95. The summed E-state index contributed by atoms with van der Waals surface area (Å²) in [6.07, 6.45) is 1.42. The van der Waals surface area contributed by atoms with E-state index in [1.54, 1.807) is 12.1 Å². The van der Waals surface area contributed by atoms with Crippen LogP contribution in [0.5, 0.6) is 0 Å². The molecule has 0 atom stereocenters. The third kappa shape index (κ3) is 2.96. The van der Waals surface area contributed by atoms with Gasteiger partial charge in [0.15, 0.2) is 5.11 Å². The van der Waals surface area contributed by atoms with E-state index in [0.29, 0.717) is 11.3 Å². The summed E-state index contributed by atoms with van der Waals surface area (Å²) in [7, 11) is 0. The van der Waals surface area contributed by atoms with Gasteiger partial charge >= 0.3 is 0 Å². The van der Waals surface area contributed by atoms with Gasteiger partial charge in [-0.05, 0) is 54.5 Å². The zero-order valence-electron chi connectivity index (χ0n) is 12.7. The lowest BCUT2D eigenvalue weighted by Crippen LogP contribution is -2.54. The molecule has 0 radical (unpaired) electrons. The molecule has 4 nitrogen and oxygen atoms in total. The van der Waals surface area contributed by atoms with E-state index in [1.165, 1.54) is 35.2 Å². The van der Waals surface area contributed by atoms with Gasteiger partial charge in [0.2, 0.25) is 0 Å². The number of anilines is 1. The number of halogens is 1. The summed E-state index contributed by atoms with van der Waals surface area (Å²) < 4.78 is 13.0.